The third-order valence-electron chi connectivity index (χ3n) is 8.75. The molecule has 1 fully saturated rings. The van der Waals surface area contributed by atoms with Crippen molar-refractivity contribution in [3.05, 3.63) is 87.0 Å². The molecule has 4 rings (SSSR count). The molecule has 2 N–H and O–H groups in total. The lowest BCUT2D eigenvalue weighted by Gasteiger charge is -2.41. The first-order valence-corrected chi connectivity index (χ1v) is 14.2. The molecule has 1 saturated heterocycles. The zero-order valence-electron chi connectivity index (χ0n) is 23.5. The third kappa shape index (κ3) is 5.76. The van der Waals surface area contributed by atoms with Gasteiger partial charge in [-0.3, -0.25) is 0 Å². The zero-order chi connectivity index (χ0) is 27.0. The number of hydrogen-bond donors (Lipinski definition) is 1. The van der Waals surface area contributed by atoms with Gasteiger partial charge in [0.2, 0.25) is 0 Å². The van der Waals surface area contributed by atoms with Gasteiger partial charge in [0, 0.05) is 24.2 Å². The summed E-state index contributed by atoms with van der Waals surface area (Å²) in [5.41, 5.74) is 16.5. The Bertz CT molecular complexity index is 1240. The first-order valence-electron chi connectivity index (χ1n) is 13.8. The minimum atomic E-state index is -1.38. The van der Waals surface area contributed by atoms with Gasteiger partial charge in [0.25, 0.3) is 0 Å². The second-order valence-corrected chi connectivity index (χ2v) is 12.0. The number of thiocarbonyl (C=S) groups is 1. The van der Waals surface area contributed by atoms with Crippen LogP contribution in [0.2, 0.25) is 0 Å². The van der Waals surface area contributed by atoms with Gasteiger partial charge in [0.15, 0.2) is 0 Å². The van der Waals surface area contributed by atoms with Crippen molar-refractivity contribution in [2.45, 2.75) is 91.3 Å². The highest BCUT2D eigenvalue weighted by molar-refractivity contribution is 7.80. The zero-order valence-corrected chi connectivity index (χ0v) is 24.3. The van der Waals surface area contributed by atoms with Crippen LogP contribution in [0.3, 0.4) is 0 Å². The Balaban J connectivity index is 1.55. The quantitative estimate of drug-likeness (QED) is 0.402. The minimum absolute atomic E-state index is 0.463. The van der Waals surface area contributed by atoms with Crippen LogP contribution in [0.15, 0.2) is 59.2 Å². The van der Waals surface area contributed by atoms with E-state index in [0.717, 1.165) is 54.9 Å². The molecule has 37 heavy (non-hydrogen) atoms. The molecule has 0 spiro atoms. The molecule has 198 valence electrons. The summed E-state index contributed by atoms with van der Waals surface area (Å²) in [5.74, 6) is 0. The summed E-state index contributed by atoms with van der Waals surface area (Å²) in [6.45, 7) is 13.9. The van der Waals surface area contributed by atoms with Gasteiger partial charge in [-0.1, -0.05) is 61.1 Å². The number of benzene rings is 2. The molecule has 0 saturated carbocycles. The lowest BCUT2D eigenvalue weighted by molar-refractivity contribution is 0.217. The van der Waals surface area contributed by atoms with Crippen molar-refractivity contribution < 1.29 is 4.39 Å². The molecule has 0 radical (unpaired) electrons. The third-order valence-corrected chi connectivity index (χ3v) is 9.25. The standard InChI is InChI=1S/C33H43FN2S/c1-7-25-10-8-13-29(24(4)23(25)3)30-20-26(15-14-22(30)2)31(37)36-18-16-33(35,17-19-36)28-12-9-11-27(21-28)32(5,6)34/h9,11-12,14-15,20-21H,7-8,10,13,16-19,35H2,1-6H3. The molecule has 1 aliphatic carbocycles. The van der Waals surface area contributed by atoms with E-state index in [-0.39, 0.29) is 0 Å². The van der Waals surface area contributed by atoms with E-state index in [1.807, 2.05) is 24.3 Å². The first-order chi connectivity index (χ1) is 17.4. The predicted molar refractivity (Wildman–Crippen MR) is 160 cm³/mol. The summed E-state index contributed by atoms with van der Waals surface area (Å²) in [6.07, 6.45) is 6.21. The fourth-order valence-corrected chi connectivity index (χ4v) is 6.29. The summed E-state index contributed by atoms with van der Waals surface area (Å²) in [7, 11) is 0. The van der Waals surface area contributed by atoms with Crippen LogP contribution >= 0.6 is 12.2 Å². The molecular weight excluding hydrogens is 475 g/mol. The SMILES string of the molecule is CCC1=C(C)C(C)=C(c2cc(C(=S)N3CCC(N)(c4cccc(C(C)(C)F)c4)CC3)ccc2C)CCC1. The highest BCUT2D eigenvalue weighted by Gasteiger charge is 2.34. The number of rotatable bonds is 5. The van der Waals surface area contributed by atoms with Gasteiger partial charge in [-0.15, -0.1) is 0 Å². The van der Waals surface area contributed by atoms with E-state index in [1.165, 1.54) is 40.7 Å². The van der Waals surface area contributed by atoms with E-state index in [2.05, 4.69) is 50.8 Å². The molecule has 2 aromatic rings. The van der Waals surface area contributed by atoms with E-state index in [0.29, 0.717) is 5.56 Å². The van der Waals surface area contributed by atoms with Crippen LogP contribution in [0.1, 0.15) is 101 Å². The van der Waals surface area contributed by atoms with Crippen molar-refractivity contribution in [3.63, 3.8) is 0 Å². The molecule has 2 aromatic carbocycles. The summed E-state index contributed by atoms with van der Waals surface area (Å²) in [5, 5.41) is 0. The molecule has 0 amide bonds. The average molecular weight is 519 g/mol. The summed E-state index contributed by atoms with van der Waals surface area (Å²) in [4.78, 5) is 3.20. The maximum atomic E-state index is 14.6. The number of halogens is 1. The molecule has 2 aliphatic rings. The van der Waals surface area contributed by atoms with Gasteiger partial charge in [0.1, 0.15) is 10.7 Å². The number of nitrogens with two attached hydrogens (primary N) is 1. The van der Waals surface area contributed by atoms with Gasteiger partial charge in [0.05, 0.1) is 0 Å². The number of allylic oxidation sites excluding steroid dienone is 4. The molecule has 2 nitrogen and oxygen atoms in total. The number of hydrogen-bond acceptors (Lipinski definition) is 2. The molecular formula is C33H43FN2S. The topological polar surface area (TPSA) is 29.3 Å². The number of piperidine rings is 1. The van der Waals surface area contributed by atoms with Crippen LogP contribution in [0.5, 0.6) is 0 Å². The van der Waals surface area contributed by atoms with E-state index in [9.17, 15) is 4.39 Å². The highest BCUT2D eigenvalue weighted by atomic mass is 32.1. The van der Waals surface area contributed by atoms with Gasteiger partial charge >= 0.3 is 0 Å². The van der Waals surface area contributed by atoms with E-state index in [4.69, 9.17) is 18.0 Å². The number of aryl methyl sites for hydroxylation is 1. The molecule has 0 aromatic heterocycles. The van der Waals surface area contributed by atoms with Crippen molar-refractivity contribution in [1.29, 1.82) is 0 Å². The minimum Gasteiger partial charge on any atom is -0.362 e. The summed E-state index contributed by atoms with van der Waals surface area (Å²) >= 11 is 6.03. The Labute approximate surface area is 228 Å². The fraction of sp³-hybridized carbons (Fsp3) is 0.485. The van der Waals surface area contributed by atoms with Crippen LogP contribution < -0.4 is 5.73 Å². The van der Waals surface area contributed by atoms with Crippen molar-refractivity contribution in [2.24, 2.45) is 5.73 Å². The Kier molecular flexibility index (Phi) is 8.11. The van der Waals surface area contributed by atoms with Crippen molar-refractivity contribution in [2.75, 3.05) is 13.1 Å². The fourth-order valence-electron chi connectivity index (χ4n) is 5.98. The molecule has 0 unspecified atom stereocenters. The maximum Gasteiger partial charge on any atom is 0.130 e. The number of likely N-dealkylation sites (tertiary alicyclic amines) is 1. The number of alkyl halides is 1. The van der Waals surface area contributed by atoms with Crippen molar-refractivity contribution in [1.82, 2.24) is 4.90 Å². The largest absolute Gasteiger partial charge is 0.362 e. The van der Waals surface area contributed by atoms with Gasteiger partial charge in [-0.25, -0.2) is 4.39 Å². The Morgan fingerprint density at radius 2 is 1.73 bits per heavy atom. The second kappa shape index (κ2) is 10.8. The second-order valence-electron chi connectivity index (χ2n) is 11.6. The lowest BCUT2D eigenvalue weighted by Crippen LogP contribution is -2.49. The molecule has 1 aliphatic heterocycles. The summed E-state index contributed by atoms with van der Waals surface area (Å²) < 4.78 is 14.6. The average Bonchev–Trinajstić information content (AvgIpc) is 3.02. The summed E-state index contributed by atoms with van der Waals surface area (Å²) in [6, 6.07) is 14.5. The van der Waals surface area contributed by atoms with E-state index >= 15 is 0 Å². The van der Waals surface area contributed by atoms with Crippen LogP contribution in [0.4, 0.5) is 4.39 Å². The van der Waals surface area contributed by atoms with Crippen molar-refractivity contribution in [3.8, 4) is 0 Å². The Morgan fingerprint density at radius 3 is 2.38 bits per heavy atom. The molecule has 0 atom stereocenters. The van der Waals surface area contributed by atoms with Crippen LogP contribution in [-0.2, 0) is 11.2 Å². The van der Waals surface area contributed by atoms with Crippen LogP contribution in [-0.4, -0.2) is 23.0 Å². The highest BCUT2D eigenvalue weighted by Crippen LogP contribution is 2.38. The first kappa shape index (κ1) is 27.7. The van der Waals surface area contributed by atoms with Crippen LogP contribution in [0, 0.1) is 6.92 Å². The Morgan fingerprint density at radius 1 is 1.03 bits per heavy atom. The van der Waals surface area contributed by atoms with Gasteiger partial charge in [-0.2, -0.15) is 0 Å². The van der Waals surface area contributed by atoms with Gasteiger partial charge in [-0.05, 0) is 118 Å². The van der Waals surface area contributed by atoms with Gasteiger partial charge < -0.3 is 10.6 Å². The Hall–Kier alpha value is -2.30. The molecule has 4 heteroatoms. The monoisotopic (exact) mass is 518 g/mol. The lowest BCUT2D eigenvalue weighted by atomic mass is 9.80. The molecule has 1 heterocycles. The van der Waals surface area contributed by atoms with Crippen LogP contribution in [0.25, 0.3) is 5.57 Å². The molecule has 0 bridgehead atoms. The van der Waals surface area contributed by atoms with Crippen molar-refractivity contribution >= 4 is 22.8 Å². The van der Waals surface area contributed by atoms with E-state index < -0.39 is 11.2 Å². The smallest absolute Gasteiger partial charge is 0.130 e. The predicted octanol–water partition coefficient (Wildman–Crippen LogP) is 8.51. The number of nitrogens with zero attached hydrogens (tertiary/aromatic N) is 1. The normalized spacial score (nSPS) is 18.8. The maximum absolute atomic E-state index is 14.6. The van der Waals surface area contributed by atoms with E-state index in [1.54, 1.807) is 19.4 Å².